The Hall–Kier alpha value is -0.900. The number of carboxylic acids is 1. The van der Waals surface area contributed by atoms with Crippen molar-refractivity contribution >= 4 is 11.8 Å². The molecule has 0 spiro atoms. The highest BCUT2D eigenvalue weighted by Crippen LogP contribution is 2.25. The molecule has 1 saturated carbocycles. The first kappa shape index (κ1) is 8.20. The lowest BCUT2D eigenvalue weighted by molar-refractivity contribution is -0.162. The zero-order chi connectivity index (χ0) is 8.48. The molecule has 0 unspecified atom stereocenters. The van der Waals surface area contributed by atoms with Crippen molar-refractivity contribution in [2.45, 2.75) is 31.3 Å². The fourth-order valence-corrected chi connectivity index (χ4v) is 1.16. The Morgan fingerprint density at radius 3 is 2.18 bits per heavy atom. The van der Waals surface area contributed by atoms with Gasteiger partial charge in [0.05, 0.1) is 0 Å². The Morgan fingerprint density at radius 1 is 1.36 bits per heavy atom. The van der Waals surface area contributed by atoms with E-state index in [9.17, 15) is 14.7 Å². The molecule has 62 valence electrons. The van der Waals surface area contributed by atoms with Gasteiger partial charge >= 0.3 is 5.97 Å². The van der Waals surface area contributed by atoms with E-state index in [0.29, 0.717) is 0 Å². The van der Waals surface area contributed by atoms with Crippen molar-refractivity contribution in [3.8, 4) is 0 Å². The van der Waals surface area contributed by atoms with E-state index in [-0.39, 0.29) is 31.5 Å². The average molecular weight is 158 g/mol. The number of aliphatic hydroxyl groups is 1. The monoisotopic (exact) mass is 158 g/mol. The van der Waals surface area contributed by atoms with E-state index in [4.69, 9.17) is 5.11 Å². The molecule has 1 aliphatic carbocycles. The summed E-state index contributed by atoms with van der Waals surface area (Å²) in [6, 6.07) is 0. The van der Waals surface area contributed by atoms with Gasteiger partial charge in [-0.05, 0) is 12.8 Å². The molecular weight excluding hydrogens is 148 g/mol. The average Bonchev–Trinajstić information content (AvgIpc) is 1.95. The largest absolute Gasteiger partial charge is 0.479 e. The van der Waals surface area contributed by atoms with Gasteiger partial charge in [-0.15, -0.1) is 0 Å². The second kappa shape index (κ2) is 2.62. The van der Waals surface area contributed by atoms with Crippen LogP contribution in [0, 0.1) is 0 Å². The molecule has 1 aliphatic rings. The maximum atomic E-state index is 10.7. The van der Waals surface area contributed by atoms with Crippen LogP contribution in [-0.4, -0.2) is 27.6 Å². The first-order valence-corrected chi connectivity index (χ1v) is 3.52. The third kappa shape index (κ3) is 1.57. The van der Waals surface area contributed by atoms with Gasteiger partial charge in [-0.1, -0.05) is 0 Å². The summed E-state index contributed by atoms with van der Waals surface area (Å²) in [5, 5.41) is 17.8. The second-order valence-electron chi connectivity index (χ2n) is 2.88. The van der Waals surface area contributed by atoms with Gasteiger partial charge in [0.25, 0.3) is 0 Å². The fraction of sp³-hybridized carbons (Fsp3) is 0.714. The van der Waals surface area contributed by atoms with Gasteiger partial charge in [-0.25, -0.2) is 4.79 Å². The topological polar surface area (TPSA) is 74.6 Å². The van der Waals surface area contributed by atoms with E-state index in [2.05, 4.69) is 0 Å². The minimum absolute atomic E-state index is 0.0379. The molecule has 0 saturated heterocycles. The third-order valence-electron chi connectivity index (χ3n) is 2.03. The highest BCUT2D eigenvalue weighted by molar-refractivity contribution is 5.85. The van der Waals surface area contributed by atoms with Gasteiger partial charge in [0.1, 0.15) is 5.78 Å². The van der Waals surface area contributed by atoms with Crippen LogP contribution in [0.25, 0.3) is 0 Å². The Morgan fingerprint density at radius 2 is 1.82 bits per heavy atom. The van der Waals surface area contributed by atoms with Gasteiger partial charge in [0.15, 0.2) is 5.60 Å². The lowest BCUT2D eigenvalue weighted by Crippen LogP contribution is -2.42. The van der Waals surface area contributed by atoms with Crippen LogP contribution < -0.4 is 0 Å². The van der Waals surface area contributed by atoms with Crippen LogP contribution in [-0.2, 0) is 9.59 Å². The number of hydrogen-bond acceptors (Lipinski definition) is 3. The maximum Gasteiger partial charge on any atom is 0.335 e. The number of ketones is 1. The highest BCUT2D eigenvalue weighted by Gasteiger charge is 2.39. The Balaban J connectivity index is 2.62. The lowest BCUT2D eigenvalue weighted by Gasteiger charge is -2.26. The van der Waals surface area contributed by atoms with E-state index >= 15 is 0 Å². The van der Waals surface area contributed by atoms with Gasteiger partial charge in [0.2, 0.25) is 0 Å². The first-order valence-electron chi connectivity index (χ1n) is 3.52. The summed E-state index contributed by atoms with van der Waals surface area (Å²) in [7, 11) is 0. The predicted octanol–water partition coefficient (Wildman–Crippen LogP) is -0.0548. The number of carbonyl (C=O) groups is 2. The molecule has 0 atom stereocenters. The molecule has 0 radical (unpaired) electrons. The minimum Gasteiger partial charge on any atom is -0.479 e. The summed E-state index contributed by atoms with van der Waals surface area (Å²) in [5.74, 6) is -1.18. The van der Waals surface area contributed by atoms with Crippen molar-refractivity contribution < 1.29 is 19.8 Å². The lowest BCUT2D eigenvalue weighted by atomic mass is 9.84. The van der Waals surface area contributed by atoms with E-state index in [0.717, 1.165) is 0 Å². The summed E-state index contributed by atoms with van der Waals surface area (Å²) in [5.41, 5.74) is -1.64. The summed E-state index contributed by atoms with van der Waals surface area (Å²) < 4.78 is 0. The molecule has 0 aromatic heterocycles. The van der Waals surface area contributed by atoms with Crippen molar-refractivity contribution in [1.29, 1.82) is 0 Å². The molecule has 0 aliphatic heterocycles. The van der Waals surface area contributed by atoms with E-state index < -0.39 is 11.6 Å². The van der Waals surface area contributed by atoms with Crippen LogP contribution in [0.4, 0.5) is 0 Å². The molecule has 1 rings (SSSR count). The first-order chi connectivity index (χ1) is 5.04. The van der Waals surface area contributed by atoms with Gasteiger partial charge < -0.3 is 10.2 Å². The van der Waals surface area contributed by atoms with Crippen molar-refractivity contribution in [1.82, 2.24) is 0 Å². The van der Waals surface area contributed by atoms with Crippen LogP contribution in [0.2, 0.25) is 0 Å². The Kier molecular flexibility index (Phi) is 1.95. The summed E-state index contributed by atoms with van der Waals surface area (Å²) in [4.78, 5) is 21.1. The van der Waals surface area contributed by atoms with Crippen molar-refractivity contribution in [3.05, 3.63) is 0 Å². The number of carbonyl (C=O) groups excluding carboxylic acids is 1. The highest BCUT2D eigenvalue weighted by atomic mass is 16.4. The number of rotatable bonds is 1. The number of carboxylic acid groups (broad SMARTS) is 1. The number of hydrogen-bond donors (Lipinski definition) is 2. The van der Waals surface area contributed by atoms with Gasteiger partial charge in [0, 0.05) is 12.8 Å². The normalized spacial score (nSPS) is 23.2. The molecule has 11 heavy (non-hydrogen) atoms. The zero-order valence-electron chi connectivity index (χ0n) is 6.04. The molecule has 0 aromatic rings. The SMILES string of the molecule is O=C1CCC(O)(C(=O)O)CC1. The fourth-order valence-electron chi connectivity index (χ4n) is 1.16. The molecule has 4 nitrogen and oxygen atoms in total. The molecule has 1 fully saturated rings. The summed E-state index contributed by atoms with van der Waals surface area (Å²) >= 11 is 0. The van der Waals surface area contributed by atoms with Crippen LogP contribution in [0.3, 0.4) is 0 Å². The van der Waals surface area contributed by atoms with Crippen molar-refractivity contribution in [3.63, 3.8) is 0 Å². The molecule has 0 amide bonds. The van der Waals surface area contributed by atoms with Crippen molar-refractivity contribution in [2.24, 2.45) is 0 Å². The smallest absolute Gasteiger partial charge is 0.335 e. The van der Waals surface area contributed by atoms with Crippen molar-refractivity contribution in [2.75, 3.05) is 0 Å². The molecule has 0 heterocycles. The Labute approximate surface area is 63.8 Å². The predicted molar refractivity (Wildman–Crippen MR) is 36.1 cm³/mol. The standard InChI is InChI=1S/C7H10O4/c8-5-1-3-7(11,4-2-5)6(9)10/h11H,1-4H2,(H,9,10). The Bertz CT molecular complexity index is 187. The van der Waals surface area contributed by atoms with E-state index in [1.807, 2.05) is 0 Å². The molecule has 2 N–H and O–H groups in total. The van der Waals surface area contributed by atoms with Crippen LogP contribution in [0.1, 0.15) is 25.7 Å². The third-order valence-corrected chi connectivity index (χ3v) is 2.03. The molecule has 0 aromatic carbocycles. The molecular formula is C7H10O4. The number of Topliss-reactive ketones (excluding diaryl/α,β-unsaturated/α-hetero) is 1. The van der Waals surface area contributed by atoms with Crippen LogP contribution >= 0.6 is 0 Å². The summed E-state index contributed by atoms with van der Waals surface area (Å²) in [6.07, 6.45) is 0.480. The molecule has 0 bridgehead atoms. The summed E-state index contributed by atoms with van der Waals surface area (Å²) in [6.45, 7) is 0. The minimum atomic E-state index is -1.64. The maximum absolute atomic E-state index is 10.7. The van der Waals surface area contributed by atoms with Crippen LogP contribution in [0.15, 0.2) is 0 Å². The van der Waals surface area contributed by atoms with Crippen LogP contribution in [0.5, 0.6) is 0 Å². The number of aliphatic carboxylic acids is 1. The van der Waals surface area contributed by atoms with E-state index in [1.165, 1.54) is 0 Å². The van der Waals surface area contributed by atoms with Gasteiger partial charge in [-0.2, -0.15) is 0 Å². The quantitative estimate of drug-likeness (QED) is 0.560. The van der Waals surface area contributed by atoms with Gasteiger partial charge in [-0.3, -0.25) is 4.79 Å². The van der Waals surface area contributed by atoms with E-state index in [1.54, 1.807) is 0 Å². The molecule has 4 heteroatoms. The zero-order valence-corrected chi connectivity index (χ0v) is 6.04. The second-order valence-corrected chi connectivity index (χ2v) is 2.88.